The van der Waals surface area contributed by atoms with E-state index in [0.29, 0.717) is 6.42 Å². The van der Waals surface area contributed by atoms with Crippen molar-refractivity contribution in [2.45, 2.75) is 12.8 Å². The molecule has 0 aliphatic rings. The normalized spacial score (nSPS) is 10.7. The molecule has 0 aromatic heterocycles. The first-order valence-corrected chi connectivity index (χ1v) is 7.40. The molecular weight excluding hydrogens is 268 g/mol. The smallest absolute Gasteiger partial charge is 0.0465 e. The fourth-order valence-corrected chi connectivity index (χ4v) is 2.11. The highest BCUT2D eigenvalue weighted by molar-refractivity contribution is 5.49. The molecule has 0 aliphatic carbocycles. The minimum Gasteiger partial charge on any atom is -0.396 e. The lowest BCUT2D eigenvalue weighted by atomic mass is 9.98. The van der Waals surface area contributed by atoms with Crippen LogP contribution in [-0.2, 0) is 6.42 Å². The third kappa shape index (κ3) is 5.09. The van der Waals surface area contributed by atoms with Gasteiger partial charge in [0, 0.05) is 17.7 Å². The monoisotopic (exact) mass is 288 g/mol. The van der Waals surface area contributed by atoms with Gasteiger partial charge in [-0.15, -0.1) is 0 Å². The fourth-order valence-electron chi connectivity index (χ4n) is 2.11. The molecular formula is C21H20O. The van der Waals surface area contributed by atoms with Crippen molar-refractivity contribution in [2.75, 3.05) is 6.61 Å². The molecule has 0 spiro atoms. The van der Waals surface area contributed by atoms with Gasteiger partial charge in [0.1, 0.15) is 0 Å². The summed E-state index contributed by atoms with van der Waals surface area (Å²) >= 11 is 0. The van der Waals surface area contributed by atoms with Crippen LogP contribution in [0.2, 0.25) is 0 Å². The fraction of sp³-hybridized carbons (Fsp3) is 0.143. The van der Waals surface area contributed by atoms with Gasteiger partial charge in [0.25, 0.3) is 0 Å². The zero-order chi connectivity index (χ0) is 15.6. The lowest BCUT2D eigenvalue weighted by molar-refractivity contribution is 0.302. The maximum absolute atomic E-state index is 9.06. The molecule has 0 amide bonds. The maximum Gasteiger partial charge on any atom is 0.0465 e. The molecule has 0 fully saturated rings. The van der Waals surface area contributed by atoms with Crippen LogP contribution in [0.15, 0.2) is 84.5 Å². The summed E-state index contributed by atoms with van der Waals surface area (Å²) < 4.78 is 0. The Morgan fingerprint density at radius 2 is 1.64 bits per heavy atom. The van der Waals surface area contributed by atoms with Gasteiger partial charge in [-0.25, -0.2) is 0 Å². The quantitative estimate of drug-likeness (QED) is 0.647. The standard InChI is InChI=1S/C21H20O/c1-18(14-15-19-9-4-2-5-10-19)21(13-8-16-22)17-20-11-6-3-7-12-20/h2-7,9-13,22H,1,8,16-17H2/b21-13-. The summed E-state index contributed by atoms with van der Waals surface area (Å²) in [6.45, 7) is 4.23. The Morgan fingerprint density at radius 1 is 1.00 bits per heavy atom. The van der Waals surface area contributed by atoms with Crippen LogP contribution in [0.1, 0.15) is 17.5 Å². The first-order chi connectivity index (χ1) is 10.8. The van der Waals surface area contributed by atoms with Gasteiger partial charge >= 0.3 is 0 Å². The molecule has 110 valence electrons. The van der Waals surface area contributed by atoms with E-state index in [0.717, 1.165) is 23.1 Å². The molecule has 0 aliphatic heterocycles. The Balaban J connectivity index is 2.15. The van der Waals surface area contributed by atoms with Gasteiger partial charge < -0.3 is 5.11 Å². The summed E-state index contributed by atoms with van der Waals surface area (Å²) in [5.74, 6) is 6.27. The average molecular weight is 288 g/mol. The first kappa shape index (κ1) is 15.8. The molecule has 0 atom stereocenters. The van der Waals surface area contributed by atoms with Gasteiger partial charge in [-0.3, -0.25) is 0 Å². The summed E-state index contributed by atoms with van der Waals surface area (Å²) in [6.07, 6.45) is 3.42. The number of hydrogen-bond acceptors (Lipinski definition) is 1. The van der Waals surface area contributed by atoms with Crippen LogP contribution < -0.4 is 0 Å². The van der Waals surface area contributed by atoms with Gasteiger partial charge in [-0.05, 0) is 36.1 Å². The number of aliphatic hydroxyl groups excluding tert-OH is 1. The van der Waals surface area contributed by atoms with Gasteiger partial charge in [0.05, 0.1) is 0 Å². The van der Waals surface area contributed by atoms with Crippen molar-refractivity contribution in [3.05, 3.63) is 95.6 Å². The molecule has 1 nitrogen and oxygen atoms in total. The zero-order valence-electron chi connectivity index (χ0n) is 12.6. The second-order valence-corrected chi connectivity index (χ2v) is 5.00. The van der Waals surface area contributed by atoms with Crippen molar-refractivity contribution in [2.24, 2.45) is 0 Å². The SMILES string of the molecule is C=C(C#Cc1ccccc1)/C(=C\CCO)Cc1ccccc1. The molecule has 2 rings (SSSR count). The molecule has 0 saturated carbocycles. The molecule has 1 heteroatoms. The molecule has 0 radical (unpaired) electrons. The lowest BCUT2D eigenvalue weighted by Crippen LogP contribution is -1.94. The summed E-state index contributed by atoms with van der Waals surface area (Å²) in [7, 11) is 0. The van der Waals surface area contributed by atoms with Crippen LogP contribution in [0.4, 0.5) is 0 Å². The van der Waals surface area contributed by atoms with Gasteiger partial charge in [-0.1, -0.05) is 73.0 Å². The van der Waals surface area contributed by atoms with Gasteiger partial charge in [0.2, 0.25) is 0 Å². The van der Waals surface area contributed by atoms with E-state index in [9.17, 15) is 0 Å². The molecule has 0 unspecified atom stereocenters. The minimum absolute atomic E-state index is 0.137. The Labute approximate surface area is 132 Å². The molecule has 2 aromatic carbocycles. The Kier molecular flexibility index (Phi) is 6.23. The van der Waals surface area contributed by atoms with Crippen LogP contribution in [-0.4, -0.2) is 11.7 Å². The highest BCUT2D eigenvalue weighted by Gasteiger charge is 2.02. The highest BCUT2D eigenvalue weighted by Crippen LogP contribution is 2.15. The Bertz CT molecular complexity index is 685. The van der Waals surface area contributed by atoms with E-state index in [2.05, 4.69) is 30.6 Å². The van der Waals surface area contributed by atoms with Crippen molar-refractivity contribution >= 4 is 0 Å². The van der Waals surface area contributed by atoms with Crippen molar-refractivity contribution in [1.82, 2.24) is 0 Å². The summed E-state index contributed by atoms with van der Waals surface area (Å²) in [5.41, 5.74) is 4.07. The van der Waals surface area contributed by atoms with Crippen LogP contribution >= 0.6 is 0 Å². The molecule has 1 N–H and O–H groups in total. The number of allylic oxidation sites excluding steroid dienone is 2. The molecule has 0 heterocycles. The van der Waals surface area contributed by atoms with Crippen LogP contribution in [0, 0.1) is 11.8 Å². The lowest BCUT2D eigenvalue weighted by Gasteiger charge is -2.06. The van der Waals surface area contributed by atoms with Crippen molar-refractivity contribution < 1.29 is 5.11 Å². The number of hydrogen-bond donors (Lipinski definition) is 1. The Morgan fingerprint density at radius 3 is 2.27 bits per heavy atom. The highest BCUT2D eigenvalue weighted by atomic mass is 16.2. The molecule has 22 heavy (non-hydrogen) atoms. The van der Waals surface area contributed by atoms with Gasteiger partial charge in [-0.2, -0.15) is 0 Å². The van der Waals surface area contributed by atoms with E-state index in [1.54, 1.807) is 0 Å². The zero-order valence-corrected chi connectivity index (χ0v) is 12.6. The topological polar surface area (TPSA) is 20.2 Å². The summed E-state index contributed by atoms with van der Waals surface area (Å²) in [4.78, 5) is 0. The van der Waals surface area contributed by atoms with Crippen LogP contribution in [0.25, 0.3) is 0 Å². The minimum atomic E-state index is 0.137. The first-order valence-electron chi connectivity index (χ1n) is 7.40. The number of aliphatic hydroxyl groups is 1. The second kappa shape index (κ2) is 8.67. The van der Waals surface area contributed by atoms with E-state index in [1.807, 2.05) is 54.6 Å². The molecule has 0 bridgehead atoms. The maximum atomic E-state index is 9.06. The Hall–Kier alpha value is -2.56. The van der Waals surface area contributed by atoms with E-state index >= 15 is 0 Å². The summed E-state index contributed by atoms with van der Waals surface area (Å²) in [5, 5.41) is 9.06. The predicted octanol–water partition coefficient (Wildman–Crippen LogP) is 4.15. The van der Waals surface area contributed by atoms with E-state index < -0.39 is 0 Å². The van der Waals surface area contributed by atoms with Gasteiger partial charge in [0.15, 0.2) is 0 Å². The predicted molar refractivity (Wildman–Crippen MR) is 92.4 cm³/mol. The summed E-state index contributed by atoms with van der Waals surface area (Å²) in [6, 6.07) is 20.1. The number of benzene rings is 2. The van der Waals surface area contributed by atoms with E-state index in [-0.39, 0.29) is 6.61 Å². The van der Waals surface area contributed by atoms with E-state index in [4.69, 9.17) is 5.11 Å². The second-order valence-electron chi connectivity index (χ2n) is 5.00. The number of rotatable bonds is 5. The van der Waals surface area contributed by atoms with Crippen molar-refractivity contribution in [3.63, 3.8) is 0 Å². The van der Waals surface area contributed by atoms with E-state index in [1.165, 1.54) is 5.56 Å². The van der Waals surface area contributed by atoms with Crippen LogP contribution in [0.3, 0.4) is 0 Å². The third-order valence-electron chi connectivity index (χ3n) is 3.28. The molecule has 0 saturated heterocycles. The van der Waals surface area contributed by atoms with Crippen LogP contribution in [0.5, 0.6) is 0 Å². The average Bonchev–Trinajstić information content (AvgIpc) is 2.58. The van der Waals surface area contributed by atoms with Crippen molar-refractivity contribution in [1.29, 1.82) is 0 Å². The largest absolute Gasteiger partial charge is 0.396 e. The third-order valence-corrected chi connectivity index (χ3v) is 3.28. The van der Waals surface area contributed by atoms with Crippen molar-refractivity contribution in [3.8, 4) is 11.8 Å². The molecule has 2 aromatic rings.